The second-order valence-corrected chi connectivity index (χ2v) is 6.52. The van der Waals surface area contributed by atoms with Crippen LogP contribution in [0.2, 0.25) is 5.15 Å². The molecule has 1 aromatic rings. The minimum Gasteiger partial charge on any atom is -0.392 e. The van der Waals surface area contributed by atoms with Crippen LogP contribution in [0.15, 0.2) is 23.2 Å². The maximum atomic E-state index is 11.9. The summed E-state index contributed by atoms with van der Waals surface area (Å²) in [5, 5.41) is 9.54. The number of pyridine rings is 1. The van der Waals surface area contributed by atoms with Crippen molar-refractivity contribution in [3.8, 4) is 0 Å². The van der Waals surface area contributed by atoms with Crippen LogP contribution >= 0.6 is 11.6 Å². The first-order valence-electron chi connectivity index (χ1n) is 5.61. The summed E-state index contributed by atoms with van der Waals surface area (Å²) in [5.74, 6) is 0.298. The van der Waals surface area contributed by atoms with Crippen LogP contribution in [0.4, 0.5) is 0 Å². The lowest BCUT2D eigenvalue weighted by atomic mass is 10.1. The lowest BCUT2D eigenvalue weighted by Gasteiger charge is -2.14. The van der Waals surface area contributed by atoms with Crippen LogP contribution in [0.5, 0.6) is 0 Å². The molecule has 0 saturated carbocycles. The zero-order valence-corrected chi connectivity index (χ0v) is 11.9. The highest BCUT2D eigenvalue weighted by Gasteiger charge is 2.19. The normalized spacial score (nSPS) is 13.8. The van der Waals surface area contributed by atoms with Crippen LogP contribution in [-0.2, 0) is 10.0 Å². The van der Waals surface area contributed by atoms with E-state index in [1.165, 1.54) is 18.3 Å². The quantitative estimate of drug-likeness (QED) is 0.777. The summed E-state index contributed by atoms with van der Waals surface area (Å²) >= 11 is 5.72. The molecule has 102 valence electrons. The summed E-state index contributed by atoms with van der Waals surface area (Å²) in [6, 6.07) is 2.86. The van der Waals surface area contributed by atoms with Gasteiger partial charge in [0, 0.05) is 12.7 Å². The average Bonchev–Trinajstić information content (AvgIpc) is 2.26. The van der Waals surface area contributed by atoms with Crippen LogP contribution in [0.3, 0.4) is 0 Å². The fourth-order valence-corrected chi connectivity index (χ4v) is 3.01. The number of hydrogen-bond donors (Lipinski definition) is 2. The molecule has 1 unspecified atom stereocenters. The summed E-state index contributed by atoms with van der Waals surface area (Å²) in [7, 11) is -3.73. The molecule has 0 bridgehead atoms. The summed E-state index contributed by atoms with van der Waals surface area (Å²) in [5.41, 5.74) is 0. The fourth-order valence-electron chi connectivity index (χ4n) is 1.48. The SMILES string of the molecule is CC(C)CC(O)CNS(=O)(=O)c1cccnc1Cl. The summed E-state index contributed by atoms with van der Waals surface area (Å²) in [4.78, 5) is 3.62. The maximum Gasteiger partial charge on any atom is 0.243 e. The fraction of sp³-hybridized carbons (Fsp3) is 0.545. The monoisotopic (exact) mass is 292 g/mol. The number of sulfonamides is 1. The molecule has 0 fully saturated rings. The van der Waals surface area contributed by atoms with E-state index >= 15 is 0 Å². The number of halogens is 1. The van der Waals surface area contributed by atoms with Gasteiger partial charge in [0.25, 0.3) is 0 Å². The van der Waals surface area contributed by atoms with Gasteiger partial charge in [-0.3, -0.25) is 0 Å². The highest BCUT2D eigenvalue weighted by Crippen LogP contribution is 2.17. The number of rotatable bonds is 6. The van der Waals surface area contributed by atoms with E-state index in [2.05, 4.69) is 9.71 Å². The predicted molar refractivity (Wildman–Crippen MR) is 69.9 cm³/mol. The molecule has 7 heteroatoms. The highest BCUT2D eigenvalue weighted by molar-refractivity contribution is 7.89. The molecule has 5 nitrogen and oxygen atoms in total. The Labute approximate surface area is 112 Å². The number of aliphatic hydroxyl groups is 1. The smallest absolute Gasteiger partial charge is 0.243 e. The second-order valence-electron chi connectivity index (χ2n) is 4.43. The molecule has 1 atom stereocenters. The lowest BCUT2D eigenvalue weighted by Crippen LogP contribution is -2.33. The molecule has 1 heterocycles. The van der Waals surface area contributed by atoms with E-state index in [0.29, 0.717) is 12.3 Å². The van der Waals surface area contributed by atoms with Crippen molar-refractivity contribution in [3.63, 3.8) is 0 Å². The molecule has 0 aliphatic carbocycles. The first-order chi connectivity index (χ1) is 8.33. The van der Waals surface area contributed by atoms with E-state index in [4.69, 9.17) is 11.6 Å². The number of nitrogens with one attached hydrogen (secondary N) is 1. The van der Waals surface area contributed by atoms with Crippen LogP contribution in [0.25, 0.3) is 0 Å². The molecule has 0 aromatic carbocycles. The third kappa shape index (κ3) is 4.53. The summed E-state index contributed by atoms with van der Waals surface area (Å²) < 4.78 is 26.1. The Hall–Kier alpha value is -0.690. The Kier molecular flexibility index (Phi) is 5.52. The largest absolute Gasteiger partial charge is 0.392 e. The van der Waals surface area contributed by atoms with Gasteiger partial charge in [-0.25, -0.2) is 18.1 Å². The average molecular weight is 293 g/mol. The lowest BCUT2D eigenvalue weighted by molar-refractivity contribution is 0.152. The minimum atomic E-state index is -3.73. The van der Waals surface area contributed by atoms with E-state index in [0.717, 1.165) is 0 Å². The van der Waals surface area contributed by atoms with Gasteiger partial charge < -0.3 is 5.11 Å². The van der Waals surface area contributed by atoms with E-state index in [1.54, 1.807) is 0 Å². The van der Waals surface area contributed by atoms with Crippen molar-refractivity contribution >= 4 is 21.6 Å². The molecule has 0 aliphatic rings. The molecular weight excluding hydrogens is 276 g/mol. The summed E-state index contributed by atoms with van der Waals surface area (Å²) in [6.45, 7) is 3.87. The van der Waals surface area contributed by atoms with Gasteiger partial charge in [0.15, 0.2) is 0 Å². The van der Waals surface area contributed by atoms with E-state index in [9.17, 15) is 13.5 Å². The van der Waals surface area contributed by atoms with Crippen LogP contribution < -0.4 is 4.72 Å². The van der Waals surface area contributed by atoms with Gasteiger partial charge in [0.2, 0.25) is 10.0 Å². The molecule has 0 saturated heterocycles. The molecule has 2 N–H and O–H groups in total. The predicted octanol–water partition coefficient (Wildman–Crippen LogP) is 1.42. The topological polar surface area (TPSA) is 79.3 Å². The first-order valence-corrected chi connectivity index (χ1v) is 7.47. The molecule has 0 spiro atoms. The number of aromatic nitrogens is 1. The molecule has 18 heavy (non-hydrogen) atoms. The Morgan fingerprint density at radius 2 is 2.17 bits per heavy atom. The summed E-state index contributed by atoms with van der Waals surface area (Å²) in [6.07, 6.45) is 1.23. The van der Waals surface area contributed by atoms with Gasteiger partial charge in [0.05, 0.1) is 6.10 Å². The zero-order chi connectivity index (χ0) is 13.8. The van der Waals surface area contributed by atoms with Gasteiger partial charge in [-0.15, -0.1) is 0 Å². The van der Waals surface area contributed by atoms with Gasteiger partial charge in [0.1, 0.15) is 10.0 Å². The standard InChI is InChI=1S/C11H17ClN2O3S/c1-8(2)6-9(15)7-14-18(16,17)10-4-3-5-13-11(10)12/h3-5,8-9,14-15H,6-7H2,1-2H3. The number of hydrogen-bond acceptors (Lipinski definition) is 4. The van der Waals surface area contributed by atoms with Crippen molar-refractivity contribution in [2.75, 3.05) is 6.54 Å². The van der Waals surface area contributed by atoms with Crippen LogP contribution in [0, 0.1) is 5.92 Å². The van der Waals surface area contributed by atoms with E-state index < -0.39 is 16.1 Å². The Morgan fingerprint density at radius 1 is 1.50 bits per heavy atom. The van der Waals surface area contributed by atoms with Crippen molar-refractivity contribution in [2.45, 2.75) is 31.3 Å². The van der Waals surface area contributed by atoms with Gasteiger partial charge in [-0.05, 0) is 24.5 Å². The van der Waals surface area contributed by atoms with Gasteiger partial charge in [-0.1, -0.05) is 25.4 Å². The Morgan fingerprint density at radius 3 is 2.72 bits per heavy atom. The molecule has 1 rings (SSSR count). The zero-order valence-electron chi connectivity index (χ0n) is 10.3. The number of aliphatic hydroxyl groups excluding tert-OH is 1. The van der Waals surface area contributed by atoms with Crippen molar-refractivity contribution in [1.29, 1.82) is 0 Å². The maximum absolute atomic E-state index is 11.9. The van der Waals surface area contributed by atoms with Crippen LogP contribution in [0.1, 0.15) is 20.3 Å². The van der Waals surface area contributed by atoms with Crippen molar-refractivity contribution in [3.05, 3.63) is 23.5 Å². The Bertz CT molecular complexity index is 491. The third-order valence-corrected chi connectivity index (χ3v) is 4.14. The van der Waals surface area contributed by atoms with Crippen molar-refractivity contribution in [2.24, 2.45) is 5.92 Å². The molecular formula is C11H17ClN2O3S. The van der Waals surface area contributed by atoms with E-state index in [-0.39, 0.29) is 16.6 Å². The molecule has 1 aromatic heterocycles. The minimum absolute atomic E-state index is 0.0360. The first kappa shape index (κ1) is 15.4. The highest BCUT2D eigenvalue weighted by atomic mass is 35.5. The molecule has 0 amide bonds. The van der Waals surface area contributed by atoms with Crippen molar-refractivity contribution in [1.82, 2.24) is 9.71 Å². The van der Waals surface area contributed by atoms with Gasteiger partial charge in [-0.2, -0.15) is 0 Å². The molecule has 0 radical (unpaired) electrons. The van der Waals surface area contributed by atoms with Crippen molar-refractivity contribution < 1.29 is 13.5 Å². The number of nitrogens with zero attached hydrogens (tertiary/aromatic N) is 1. The Balaban J connectivity index is 2.69. The molecule has 0 aliphatic heterocycles. The van der Waals surface area contributed by atoms with Gasteiger partial charge >= 0.3 is 0 Å². The van der Waals surface area contributed by atoms with Crippen LogP contribution in [-0.4, -0.2) is 31.2 Å². The second kappa shape index (κ2) is 6.47. The van der Waals surface area contributed by atoms with E-state index in [1.807, 2.05) is 13.8 Å². The third-order valence-electron chi connectivity index (χ3n) is 2.27.